The smallest absolute Gasteiger partial charge is 0.141 e. The average molecular weight is 234 g/mol. The summed E-state index contributed by atoms with van der Waals surface area (Å²) in [6.07, 6.45) is 9.04. The van der Waals surface area contributed by atoms with E-state index in [1.54, 1.807) is 13.3 Å². The van der Waals surface area contributed by atoms with Crippen LogP contribution in [0.3, 0.4) is 0 Å². The van der Waals surface area contributed by atoms with Gasteiger partial charge in [-0.15, -0.1) is 0 Å². The fourth-order valence-electron chi connectivity index (χ4n) is 2.48. The molecule has 0 amide bonds. The van der Waals surface area contributed by atoms with E-state index in [1.807, 2.05) is 6.20 Å². The highest BCUT2D eigenvalue weighted by Crippen LogP contribution is 2.36. The Labute approximate surface area is 104 Å². The molecule has 1 aliphatic carbocycles. The Hall–Kier alpha value is -1.09. The normalized spacial score (nSPS) is 17.5. The highest BCUT2D eigenvalue weighted by Gasteiger charge is 2.24. The number of methoxy groups -OCH3 is 1. The van der Waals surface area contributed by atoms with E-state index in [1.165, 1.54) is 31.2 Å². The molecule has 1 aliphatic rings. The van der Waals surface area contributed by atoms with Crippen molar-refractivity contribution in [3.05, 3.63) is 24.0 Å². The van der Waals surface area contributed by atoms with Crippen molar-refractivity contribution in [3.63, 3.8) is 0 Å². The van der Waals surface area contributed by atoms with E-state index in [2.05, 4.69) is 23.3 Å². The summed E-state index contributed by atoms with van der Waals surface area (Å²) in [6, 6.07) is 2.48. The molecule has 1 saturated carbocycles. The Bertz CT molecular complexity index is 350. The highest BCUT2D eigenvalue weighted by molar-refractivity contribution is 5.32. The standard InChI is InChI=1S/C14H22N2O/c1-3-16-13(9-11-5-4-6-11)12-7-8-15-10-14(12)17-2/h7-8,10-11,13,16H,3-6,9H2,1-2H3. The number of pyridine rings is 1. The van der Waals surface area contributed by atoms with E-state index in [0.717, 1.165) is 18.2 Å². The molecular formula is C14H22N2O. The number of hydrogen-bond donors (Lipinski definition) is 1. The number of aromatic nitrogens is 1. The minimum absolute atomic E-state index is 0.406. The SMILES string of the molecule is CCNC(CC1CCC1)c1ccncc1OC. The molecule has 94 valence electrons. The lowest BCUT2D eigenvalue weighted by molar-refractivity contribution is 0.259. The van der Waals surface area contributed by atoms with Gasteiger partial charge in [0.1, 0.15) is 5.75 Å². The van der Waals surface area contributed by atoms with Gasteiger partial charge in [-0.2, -0.15) is 0 Å². The molecule has 0 radical (unpaired) electrons. The molecule has 0 aromatic carbocycles. The number of ether oxygens (including phenoxy) is 1. The topological polar surface area (TPSA) is 34.2 Å². The summed E-state index contributed by atoms with van der Waals surface area (Å²) < 4.78 is 5.40. The molecule has 1 aromatic heterocycles. The molecule has 0 aliphatic heterocycles. The van der Waals surface area contributed by atoms with Gasteiger partial charge in [-0.05, 0) is 24.9 Å². The lowest BCUT2D eigenvalue weighted by Crippen LogP contribution is -2.26. The van der Waals surface area contributed by atoms with Crippen LogP contribution in [0.2, 0.25) is 0 Å². The largest absolute Gasteiger partial charge is 0.495 e. The van der Waals surface area contributed by atoms with E-state index in [9.17, 15) is 0 Å². The second-order valence-corrected chi connectivity index (χ2v) is 4.76. The minimum Gasteiger partial charge on any atom is -0.495 e. The first kappa shape index (κ1) is 12.4. The molecule has 17 heavy (non-hydrogen) atoms. The molecule has 1 aromatic rings. The van der Waals surface area contributed by atoms with Crippen molar-refractivity contribution < 1.29 is 4.74 Å². The summed E-state index contributed by atoms with van der Waals surface area (Å²) >= 11 is 0. The van der Waals surface area contributed by atoms with Gasteiger partial charge in [0.15, 0.2) is 0 Å². The molecule has 1 atom stereocenters. The summed E-state index contributed by atoms with van der Waals surface area (Å²) in [7, 11) is 1.72. The Kier molecular flexibility index (Phi) is 4.37. The fourth-order valence-corrected chi connectivity index (χ4v) is 2.48. The second kappa shape index (κ2) is 6.01. The predicted octanol–water partition coefficient (Wildman–Crippen LogP) is 2.93. The molecule has 0 spiro atoms. The Morgan fingerprint density at radius 2 is 2.35 bits per heavy atom. The third-order valence-electron chi connectivity index (χ3n) is 3.66. The minimum atomic E-state index is 0.406. The van der Waals surface area contributed by atoms with Crippen LogP contribution < -0.4 is 10.1 Å². The van der Waals surface area contributed by atoms with Gasteiger partial charge in [0.25, 0.3) is 0 Å². The van der Waals surface area contributed by atoms with Crippen LogP contribution in [0.1, 0.15) is 44.2 Å². The number of nitrogens with zero attached hydrogens (tertiary/aromatic N) is 1. The molecule has 0 bridgehead atoms. The Balaban J connectivity index is 2.12. The maximum Gasteiger partial charge on any atom is 0.141 e. The third kappa shape index (κ3) is 2.97. The van der Waals surface area contributed by atoms with E-state index < -0.39 is 0 Å². The molecule has 3 nitrogen and oxygen atoms in total. The van der Waals surface area contributed by atoms with Crippen LogP contribution in [-0.2, 0) is 0 Å². The Morgan fingerprint density at radius 1 is 1.53 bits per heavy atom. The first-order valence-electron chi connectivity index (χ1n) is 6.56. The molecule has 1 N–H and O–H groups in total. The first-order valence-corrected chi connectivity index (χ1v) is 6.56. The van der Waals surface area contributed by atoms with E-state index in [0.29, 0.717) is 6.04 Å². The average Bonchev–Trinajstić information content (AvgIpc) is 2.32. The Morgan fingerprint density at radius 3 is 2.94 bits per heavy atom. The summed E-state index contributed by atoms with van der Waals surface area (Å²) in [4.78, 5) is 4.12. The molecule has 1 heterocycles. The van der Waals surface area contributed by atoms with Crippen molar-refractivity contribution in [1.82, 2.24) is 10.3 Å². The molecule has 2 rings (SSSR count). The van der Waals surface area contributed by atoms with Crippen LogP contribution in [0.5, 0.6) is 5.75 Å². The van der Waals surface area contributed by atoms with Crippen molar-refractivity contribution in [2.45, 2.75) is 38.6 Å². The third-order valence-corrected chi connectivity index (χ3v) is 3.66. The molecule has 1 unspecified atom stereocenters. The van der Waals surface area contributed by atoms with Gasteiger partial charge in [-0.1, -0.05) is 26.2 Å². The summed E-state index contributed by atoms with van der Waals surface area (Å²) in [5.41, 5.74) is 1.25. The van der Waals surface area contributed by atoms with Crippen molar-refractivity contribution in [3.8, 4) is 5.75 Å². The van der Waals surface area contributed by atoms with Gasteiger partial charge in [0, 0.05) is 17.8 Å². The van der Waals surface area contributed by atoms with Crippen molar-refractivity contribution >= 4 is 0 Å². The molecule has 1 fully saturated rings. The quantitative estimate of drug-likeness (QED) is 0.821. The van der Waals surface area contributed by atoms with Gasteiger partial charge in [-0.25, -0.2) is 0 Å². The number of rotatable bonds is 6. The van der Waals surface area contributed by atoms with Gasteiger partial charge in [0.05, 0.1) is 13.3 Å². The zero-order valence-corrected chi connectivity index (χ0v) is 10.8. The molecule has 0 saturated heterocycles. The van der Waals surface area contributed by atoms with Crippen molar-refractivity contribution in [2.24, 2.45) is 5.92 Å². The maximum absolute atomic E-state index is 5.40. The van der Waals surface area contributed by atoms with E-state index in [4.69, 9.17) is 4.74 Å². The van der Waals surface area contributed by atoms with Crippen molar-refractivity contribution in [2.75, 3.05) is 13.7 Å². The monoisotopic (exact) mass is 234 g/mol. The summed E-state index contributed by atoms with van der Waals surface area (Å²) in [5.74, 6) is 1.79. The van der Waals surface area contributed by atoms with Gasteiger partial charge >= 0.3 is 0 Å². The number of nitrogens with one attached hydrogen (secondary N) is 1. The zero-order valence-electron chi connectivity index (χ0n) is 10.8. The van der Waals surface area contributed by atoms with Crippen LogP contribution in [0.25, 0.3) is 0 Å². The van der Waals surface area contributed by atoms with Crippen molar-refractivity contribution in [1.29, 1.82) is 0 Å². The van der Waals surface area contributed by atoms with Gasteiger partial charge in [0.2, 0.25) is 0 Å². The van der Waals surface area contributed by atoms with Crippen LogP contribution in [-0.4, -0.2) is 18.6 Å². The lowest BCUT2D eigenvalue weighted by atomic mass is 9.79. The van der Waals surface area contributed by atoms with Crippen LogP contribution in [0, 0.1) is 5.92 Å². The zero-order chi connectivity index (χ0) is 12.1. The maximum atomic E-state index is 5.40. The van der Waals surface area contributed by atoms with Crippen LogP contribution in [0.4, 0.5) is 0 Å². The first-order chi connectivity index (χ1) is 8.35. The molecule has 3 heteroatoms. The van der Waals surface area contributed by atoms with Gasteiger partial charge < -0.3 is 10.1 Å². The second-order valence-electron chi connectivity index (χ2n) is 4.76. The van der Waals surface area contributed by atoms with Crippen LogP contribution >= 0.6 is 0 Å². The highest BCUT2D eigenvalue weighted by atomic mass is 16.5. The summed E-state index contributed by atoms with van der Waals surface area (Å²) in [6.45, 7) is 3.14. The number of hydrogen-bond acceptors (Lipinski definition) is 3. The van der Waals surface area contributed by atoms with Gasteiger partial charge in [-0.3, -0.25) is 4.98 Å². The lowest BCUT2D eigenvalue weighted by Gasteiger charge is -2.30. The fraction of sp³-hybridized carbons (Fsp3) is 0.643. The predicted molar refractivity (Wildman–Crippen MR) is 69.2 cm³/mol. The molecular weight excluding hydrogens is 212 g/mol. The van der Waals surface area contributed by atoms with E-state index in [-0.39, 0.29) is 0 Å². The van der Waals surface area contributed by atoms with E-state index >= 15 is 0 Å². The van der Waals surface area contributed by atoms with Crippen LogP contribution in [0.15, 0.2) is 18.5 Å². The summed E-state index contributed by atoms with van der Waals surface area (Å²) in [5, 5.41) is 3.56.